The van der Waals surface area contributed by atoms with Crippen molar-refractivity contribution in [2.45, 2.75) is 33.6 Å². The molecule has 0 saturated carbocycles. The number of para-hydroxylation sites is 1. The quantitative estimate of drug-likeness (QED) is 0.771. The Hall–Kier alpha value is -2.04. The molecule has 1 rings (SSSR count). The van der Waals surface area contributed by atoms with E-state index in [9.17, 15) is 9.59 Å². The van der Waals surface area contributed by atoms with Crippen LogP contribution in [0.15, 0.2) is 24.3 Å². The van der Waals surface area contributed by atoms with Gasteiger partial charge in [-0.1, -0.05) is 25.1 Å². The topological polar surface area (TPSA) is 75.6 Å². The zero-order chi connectivity index (χ0) is 15.9. The normalized spacial score (nSPS) is 13.3. The summed E-state index contributed by atoms with van der Waals surface area (Å²) in [5.74, 6) is -0.347. The number of rotatable bonds is 8. The Morgan fingerprint density at radius 1 is 1.33 bits per heavy atom. The zero-order valence-electron chi connectivity index (χ0n) is 12.8. The van der Waals surface area contributed by atoms with Gasteiger partial charge in [0.1, 0.15) is 5.75 Å². The van der Waals surface area contributed by atoms with Gasteiger partial charge in [-0.15, -0.1) is 0 Å². The van der Waals surface area contributed by atoms with Crippen molar-refractivity contribution in [2.75, 3.05) is 13.2 Å². The Kier molecular flexibility index (Phi) is 6.21. The van der Waals surface area contributed by atoms with Crippen LogP contribution in [0.2, 0.25) is 0 Å². The third-order valence-electron chi connectivity index (χ3n) is 3.65. The number of nitrogens with one attached hydrogen (secondary N) is 1. The first-order valence-corrected chi connectivity index (χ1v) is 7.07. The predicted octanol–water partition coefficient (Wildman–Crippen LogP) is 2.38. The molecule has 0 bridgehead atoms. The van der Waals surface area contributed by atoms with Crippen molar-refractivity contribution in [3.05, 3.63) is 29.8 Å². The van der Waals surface area contributed by atoms with Crippen LogP contribution in [0.4, 0.5) is 0 Å². The maximum atomic E-state index is 11.7. The van der Waals surface area contributed by atoms with Gasteiger partial charge in [-0.3, -0.25) is 9.59 Å². The summed E-state index contributed by atoms with van der Waals surface area (Å²) >= 11 is 0. The molecule has 21 heavy (non-hydrogen) atoms. The Bertz CT molecular complexity index is 501. The highest BCUT2D eigenvalue weighted by Gasteiger charge is 2.31. The lowest BCUT2D eigenvalue weighted by Gasteiger charge is -2.23. The van der Waals surface area contributed by atoms with Crippen molar-refractivity contribution in [2.24, 2.45) is 5.41 Å². The number of carbonyl (C=O) groups excluding carboxylic acids is 1. The molecule has 0 aliphatic heterocycles. The number of aliphatic carboxylic acids is 1. The summed E-state index contributed by atoms with van der Waals surface area (Å²) in [5.41, 5.74) is 0.0920. The summed E-state index contributed by atoms with van der Waals surface area (Å²) in [7, 11) is 0. The second kappa shape index (κ2) is 7.67. The molecule has 1 aromatic carbocycles. The molecule has 1 aromatic rings. The smallest absolute Gasteiger partial charge is 0.311 e. The van der Waals surface area contributed by atoms with Crippen LogP contribution in [0.3, 0.4) is 0 Å². The first kappa shape index (κ1) is 17.0. The van der Waals surface area contributed by atoms with Crippen LogP contribution >= 0.6 is 0 Å². The number of carbonyl (C=O) groups is 2. The van der Waals surface area contributed by atoms with Crippen molar-refractivity contribution >= 4 is 11.9 Å². The highest BCUT2D eigenvalue weighted by atomic mass is 16.5. The van der Waals surface area contributed by atoms with E-state index < -0.39 is 11.4 Å². The van der Waals surface area contributed by atoms with Gasteiger partial charge in [-0.25, -0.2) is 0 Å². The third-order valence-corrected chi connectivity index (χ3v) is 3.65. The number of carboxylic acids is 1. The van der Waals surface area contributed by atoms with E-state index in [1.54, 1.807) is 13.8 Å². The van der Waals surface area contributed by atoms with Gasteiger partial charge in [-0.2, -0.15) is 0 Å². The number of ether oxygens (including phenoxy) is 1. The Morgan fingerprint density at radius 3 is 2.57 bits per heavy atom. The van der Waals surface area contributed by atoms with Gasteiger partial charge < -0.3 is 15.2 Å². The predicted molar refractivity (Wildman–Crippen MR) is 80.3 cm³/mol. The largest absolute Gasteiger partial charge is 0.493 e. The standard InChI is InChI=1S/C16H23NO4/c1-4-16(3,15(19)20)11-17-14(18)9-10-21-13-8-6-5-7-12(13)2/h5-8H,4,9-11H2,1-3H3,(H,17,18)(H,19,20). The minimum Gasteiger partial charge on any atom is -0.493 e. The fourth-order valence-corrected chi connectivity index (χ4v) is 1.71. The lowest BCUT2D eigenvalue weighted by atomic mass is 9.88. The lowest BCUT2D eigenvalue weighted by molar-refractivity contribution is -0.148. The van der Waals surface area contributed by atoms with Crippen LogP contribution in [-0.4, -0.2) is 30.1 Å². The van der Waals surface area contributed by atoms with Crippen LogP contribution < -0.4 is 10.1 Å². The van der Waals surface area contributed by atoms with Crippen molar-refractivity contribution < 1.29 is 19.4 Å². The van der Waals surface area contributed by atoms with Gasteiger partial charge in [0.15, 0.2) is 0 Å². The van der Waals surface area contributed by atoms with E-state index in [0.717, 1.165) is 11.3 Å². The summed E-state index contributed by atoms with van der Waals surface area (Å²) in [5, 5.41) is 11.8. The van der Waals surface area contributed by atoms with E-state index in [1.807, 2.05) is 31.2 Å². The summed E-state index contributed by atoms with van der Waals surface area (Å²) in [4.78, 5) is 22.8. The van der Waals surface area contributed by atoms with E-state index in [2.05, 4.69) is 5.32 Å². The summed E-state index contributed by atoms with van der Waals surface area (Å²) in [6, 6.07) is 7.59. The van der Waals surface area contributed by atoms with Gasteiger partial charge in [0.2, 0.25) is 5.91 Å². The van der Waals surface area contributed by atoms with E-state index in [1.165, 1.54) is 0 Å². The van der Waals surface area contributed by atoms with Crippen molar-refractivity contribution in [1.29, 1.82) is 0 Å². The molecule has 1 atom stereocenters. The highest BCUT2D eigenvalue weighted by molar-refractivity contribution is 5.78. The maximum absolute atomic E-state index is 11.7. The molecule has 0 radical (unpaired) electrons. The summed E-state index contributed by atoms with van der Waals surface area (Å²) in [6.45, 7) is 5.75. The molecule has 1 amide bonds. The van der Waals surface area contributed by atoms with Crippen LogP contribution in [0.1, 0.15) is 32.3 Å². The molecule has 2 N–H and O–H groups in total. The Morgan fingerprint density at radius 2 is 2.00 bits per heavy atom. The molecule has 0 saturated heterocycles. The number of hydrogen-bond donors (Lipinski definition) is 2. The van der Waals surface area contributed by atoms with Crippen LogP contribution in [0, 0.1) is 12.3 Å². The number of carboxylic acid groups (broad SMARTS) is 1. The number of amides is 1. The van der Waals surface area contributed by atoms with E-state index in [-0.39, 0.29) is 25.5 Å². The molecule has 5 nitrogen and oxygen atoms in total. The van der Waals surface area contributed by atoms with Crippen molar-refractivity contribution in [3.8, 4) is 5.75 Å². The van der Waals surface area contributed by atoms with Crippen LogP contribution in [-0.2, 0) is 9.59 Å². The molecule has 116 valence electrons. The SMILES string of the molecule is CCC(C)(CNC(=O)CCOc1ccccc1C)C(=O)O. The molecular formula is C16H23NO4. The maximum Gasteiger partial charge on any atom is 0.311 e. The first-order valence-electron chi connectivity index (χ1n) is 7.07. The average molecular weight is 293 g/mol. The summed E-state index contributed by atoms with van der Waals surface area (Å²) in [6.07, 6.45) is 0.663. The third kappa shape index (κ3) is 5.10. The molecule has 5 heteroatoms. The van der Waals surface area contributed by atoms with Gasteiger partial charge in [0, 0.05) is 6.54 Å². The second-order valence-electron chi connectivity index (χ2n) is 5.36. The van der Waals surface area contributed by atoms with E-state index in [0.29, 0.717) is 6.42 Å². The van der Waals surface area contributed by atoms with Crippen LogP contribution in [0.25, 0.3) is 0 Å². The van der Waals surface area contributed by atoms with Gasteiger partial charge in [0.05, 0.1) is 18.4 Å². The van der Waals surface area contributed by atoms with Crippen molar-refractivity contribution in [1.82, 2.24) is 5.32 Å². The molecule has 1 unspecified atom stereocenters. The minimum absolute atomic E-state index is 0.127. The van der Waals surface area contributed by atoms with Gasteiger partial charge in [0.25, 0.3) is 0 Å². The zero-order valence-corrected chi connectivity index (χ0v) is 12.8. The molecule has 0 aromatic heterocycles. The number of benzene rings is 1. The number of hydrogen-bond acceptors (Lipinski definition) is 3. The molecular weight excluding hydrogens is 270 g/mol. The van der Waals surface area contributed by atoms with E-state index >= 15 is 0 Å². The second-order valence-corrected chi connectivity index (χ2v) is 5.36. The average Bonchev–Trinajstić information content (AvgIpc) is 2.46. The minimum atomic E-state index is -0.924. The van der Waals surface area contributed by atoms with Gasteiger partial charge in [-0.05, 0) is 31.9 Å². The Labute approximate surface area is 125 Å². The summed E-state index contributed by atoms with van der Waals surface area (Å²) < 4.78 is 5.54. The van der Waals surface area contributed by atoms with E-state index in [4.69, 9.17) is 9.84 Å². The Balaban J connectivity index is 2.35. The lowest BCUT2D eigenvalue weighted by Crippen LogP contribution is -2.40. The fourth-order valence-electron chi connectivity index (χ4n) is 1.71. The number of aryl methyl sites for hydroxylation is 1. The molecule has 0 aliphatic rings. The molecule has 0 aliphatic carbocycles. The fraction of sp³-hybridized carbons (Fsp3) is 0.500. The highest BCUT2D eigenvalue weighted by Crippen LogP contribution is 2.20. The van der Waals surface area contributed by atoms with Crippen LogP contribution in [0.5, 0.6) is 5.75 Å². The molecule has 0 spiro atoms. The first-order chi connectivity index (χ1) is 9.89. The van der Waals surface area contributed by atoms with Gasteiger partial charge >= 0.3 is 5.97 Å². The molecule has 0 fully saturated rings. The monoisotopic (exact) mass is 293 g/mol. The van der Waals surface area contributed by atoms with Crippen molar-refractivity contribution in [3.63, 3.8) is 0 Å². The molecule has 0 heterocycles.